The Hall–Kier alpha value is -2.54. The van der Waals surface area contributed by atoms with E-state index in [9.17, 15) is 39.6 Å². The highest BCUT2D eigenvalue weighted by Gasteiger charge is 2.50. The Bertz CT molecular complexity index is 933. The number of primary amides is 1. The molecule has 0 saturated heterocycles. The quantitative estimate of drug-likeness (QED) is 0.216. The molecule has 0 aromatic carbocycles. The van der Waals surface area contributed by atoms with Crippen molar-refractivity contribution in [1.82, 2.24) is 10.6 Å². The van der Waals surface area contributed by atoms with Crippen molar-refractivity contribution < 1.29 is 39.6 Å². The van der Waals surface area contributed by atoms with Crippen molar-refractivity contribution in [2.45, 2.75) is 87.7 Å². The smallest absolute Gasteiger partial charge is 0.303 e. The number of thiophene rings is 1. The van der Waals surface area contributed by atoms with E-state index >= 15 is 0 Å². The zero-order valence-electron chi connectivity index (χ0n) is 19.3. The molecule has 35 heavy (non-hydrogen) atoms. The van der Waals surface area contributed by atoms with E-state index in [1.807, 2.05) is 0 Å². The van der Waals surface area contributed by atoms with E-state index < -0.39 is 71.8 Å². The number of carbonyl (C=O) groups is 4. The van der Waals surface area contributed by atoms with Gasteiger partial charge in [-0.25, -0.2) is 0 Å². The van der Waals surface area contributed by atoms with Gasteiger partial charge < -0.3 is 36.8 Å². The van der Waals surface area contributed by atoms with Gasteiger partial charge in [-0.1, -0.05) is 18.9 Å². The summed E-state index contributed by atoms with van der Waals surface area (Å²) in [5.41, 5.74) is 2.57. The first-order valence-corrected chi connectivity index (χ1v) is 12.5. The van der Waals surface area contributed by atoms with E-state index in [2.05, 4.69) is 10.6 Å². The fourth-order valence-electron chi connectivity index (χ4n) is 5.23. The van der Waals surface area contributed by atoms with Crippen molar-refractivity contribution >= 4 is 35.0 Å². The first-order chi connectivity index (χ1) is 16.4. The van der Waals surface area contributed by atoms with Crippen molar-refractivity contribution in [3.05, 3.63) is 22.4 Å². The number of rotatable bonds is 10. The molecule has 8 N–H and O–H groups in total. The van der Waals surface area contributed by atoms with Crippen molar-refractivity contribution in [2.75, 3.05) is 0 Å². The molecule has 1 heterocycles. The van der Waals surface area contributed by atoms with Crippen LogP contribution < -0.4 is 16.4 Å². The third-order valence-corrected chi connectivity index (χ3v) is 7.94. The van der Waals surface area contributed by atoms with Crippen LogP contribution >= 0.6 is 11.3 Å². The maximum atomic E-state index is 13.0. The van der Waals surface area contributed by atoms with Gasteiger partial charge in [0, 0.05) is 30.6 Å². The number of aliphatic carboxylic acids is 1. The monoisotopic (exact) mass is 511 g/mol. The molecular weight excluding hydrogens is 478 g/mol. The van der Waals surface area contributed by atoms with Crippen LogP contribution in [0.2, 0.25) is 0 Å². The lowest BCUT2D eigenvalue weighted by Crippen LogP contribution is -2.64. The molecule has 3 rings (SSSR count). The highest BCUT2D eigenvalue weighted by Crippen LogP contribution is 2.44. The first kappa shape index (κ1) is 27.1. The molecule has 3 amide bonds. The van der Waals surface area contributed by atoms with Gasteiger partial charge in [0.2, 0.25) is 11.8 Å². The molecule has 12 heteroatoms. The number of amides is 3. The van der Waals surface area contributed by atoms with Crippen LogP contribution in [-0.4, -0.2) is 74.0 Å². The zero-order chi connectivity index (χ0) is 25.8. The zero-order valence-corrected chi connectivity index (χ0v) is 20.1. The minimum absolute atomic E-state index is 0.0756. The minimum atomic E-state index is -2.17. The maximum absolute atomic E-state index is 13.0. The topological polar surface area (TPSA) is 199 Å². The van der Waals surface area contributed by atoms with Gasteiger partial charge in [0.25, 0.3) is 5.91 Å². The van der Waals surface area contributed by atoms with Gasteiger partial charge >= 0.3 is 5.97 Å². The molecule has 1 aromatic rings. The molecule has 0 spiro atoms. The minimum Gasteiger partial charge on any atom is -0.481 e. The summed E-state index contributed by atoms with van der Waals surface area (Å²) in [6.07, 6.45) is -1.14. The summed E-state index contributed by atoms with van der Waals surface area (Å²) in [7, 11) is 0. The molecule has 0 aliphatic heterocycles. The summed E-state index contributed by atoms with van der Waals surface area (Å²) < 4.78 is 0. The number of carboxylic acids is 1. The van der Waals surface area contributed by atoms with Crippen molar-refractivity contribution in [3.8, 4) is 0 Å². The average molecular weight is 512 g/mol. The van der Waals surface area contributed by atoms with E-state index in [0.29, 0.717) is 12.8 Å². The lowest BCUT2D eigenvalue weighted by atomic mass is 9.76. The second-order valence-corrected chi connectivity index (χ2v) is 10.9. The van der Waals surface area contributed by atoms with Crippen LogP contribution in [0.1, 0.15) is 56.2 Å². The molecule has 0 bridgehead atoms. The van der Waals surface area contributed by atoms with Gasteiger partial charge in [-0.05, 0) is 29.7 Å². The van der Waals surface area contributed by atoms with Crippen LogP contribution in [-0.2, 0) is 25.6 Å². The van der Waals surface area contributed by atoms with Crippen LogP contribution in [0.15, 0.2) is 17.5 Å². The van der Waals surface area contributed by atoms with E-state index in [-0.39, 0.29) is 19.3 Å². The Morgan fingerprint density at radius 3 is 2.40 bits per heavy atom. The first-order valence-electron chi connectivity index (χ1n) is 11.7. The molecule has 2 saturated carbocycles. The van der Waals surface area contributed by atoms with Crippen molar-refractivity contribution in [2.24, 2.45) is 11.1 Å². The van der Waals surface area contributed by atoms with Crippen molar-refractivity contribution in [3.63, 3.8) is 0 Å². The average Bonchev–Trinajstić information content (AvgIpc) is 3.42. The standard InChI is InChI=1S/C23H33N3O8S/c24-20(32)14(8-13-4-3-7-35-13)26-21(33)23(34)9-15(19(31)16(27)10-23)25-17(28)11-22(12-18(29)30)5-1-2-6-22/h3-4,7,14-16,19,27,31,34H,1-2,5-6,8-12H2,(H2,24,32)(H,25,28)(H,26,33)(H,29,30)/t14-,15-,16+,19+,23-/m0/s1. The van der Waals surface area contributed by atoms with E-state index in [1.165, 1.54) is 11.3 Å². The predicted molar refractivity (Wildman–Crippen MR) is 125 cm³/mol. The van der Waals surface area contributed by atoms with Gasteiger partial charge in [-0.2, -0.15) is 0 Å². The maximum Gasteiger partial charge on any atom is 0.303 e. The molecule has 11 nitrogen and oxygen atoms in total. The molecule has 0 radical (unpaired) electrons. The summed E-state index contributed by atoms with van der Waals surface area (Å²) in [5, 5.41) is 47.9. The Balaban J connectivity index is 1.67. The number of nitrogens with two attached hydrogens (primary N) is 1. The molecule has 2 aliphatic rings. The molecule has 2 fully saturated rings. The van der Waals surface area contributed by atoms with Crippen LogP contribution in [0.4, 0.5) is 0 Å². The summed E-state index contributed by atoms with van der Waals surface area (Å²) in [6, 6.07) is 1.30. The number of aliphatic hydroxyl groups excluding tert-OH is 2. The van der Waals surface area contributed by atoms with Crippen LogP contribution in [0.3, 0.4) is 0 Å². The summed E-state index contributed by atoms with van der Waals surface area (Å²) in [6.45, 7) is 0. The highest BCUT2D eigenvalue weighted by atomic mass is 32.1. The fourth-order valence-corrected chi connectivity index (χ4v) is 5.98. The highest BCUT2D eigenvalue weighted by molar-refractivity contribution is 7.09. The second-order valence-electron chi connectivity index (χ2n) is 9.84. The van der Waals surface area contributed by atoms with Gasteiger partial charge in [0.15, 0.2) is 0 Å². The SMILES string of the molecule is NC(=O)[C@H](Cc1cccs1)NC(=O)[C@@]1(O)C[C@@H](O)[C@H](O)[C@@H](NC(=O)CC2(CC(=O)O)CCCC2)C1. The Labute approximate surface area is 206 Å². The lowest BCUT2D eigenvalue weighted by Gasteiger charge is -2.42. The van der Waals surface area contributed by atoms with Crippen LogP contribution in [0.25, 0.3) is 0 Å². The molecular formula is C23H33N3O8S. The largest absolute Gasteiger partial charge is 0.481 e. The molecule has 0 unspecified atom stereocenters. The van der Waals surface area contributed by atoms with Gasteiger partial charge in [-0.15, -0.1) is 11.3 Å². The van der Waals surface area contributed by atoms with Gasteiger partial charge in [-0.3, -0.25) is 19.2 Å². The fraction of sp³-hybridized carbons (Fsp3) is 0.652. The second kappa shape index (κ2) is 11.0. The molecule has 5 atom stereocenters. The number of carboxylic acid groups (broad SMARTS) is 1. The van der Waals surface area contributed by atoms with Crippen molar-refractivity contribution in [1.29, 1.82) is 0 Å². The third kappa shape index (κ3) is 6.78. The number of hydrogen-bond donors (Lipinski definition) is 7. The Morgan fingerprint density at radius 1 is 1.14 bits per heavy atom. The normalized spacial score (nSPS) is 28.7. The van der Waals surface area contributed by atoms with Gasteiger partial charge in [0.1, 0.15) is 17.7 Å². The van der Waals surface area contributed by atoms with Crippen LogP contribution in [0, 0.1) is 5.41 Å². The molecule has 1 aromatic heterocycles. The molecule has 2 aliphatic carbocycles. The molecule has 194 valence electrons. The lowest BCUT2D eigenvalue weighted by molar-refractivity contribution is -0.161. The number of aliphatic hydroxyl groups is 3. The van der Waals surface area contributed by atoms with Crippen LogP contribution in [0.5, 0.6) is 0 Å². The van der Waals surface area contributed by atoms with E-state index in [1.54, 1.807) is 17.5 Å². The predicted octanol–water partition coefficient (Wildman–Crippen LogP) is -0.583. The van der Waals surface area contributed by atoms with E-state index in [4.69, 9.17) is 5.73 Å². The summed E-state index contributed by atoms with van der Waals surface area (Å²) in [5.74, 6) is -3.26. The Kier molecular flexibility index (Phi) is 8.52. The summed E-state index contributed by atoms with van der Waals surface area (Å²) >= 11 is 1.38. The number of hydrogen-bond acceptors (Lipinski definition) is 8. The Morgan fingerprint density at radius 2 is 1.83 bits per heavy atom. The third-order valence-electron chi connectivity index (χ3n) is 7.04. The number of carbonyl (C=O) groups excluding carboxylic acids is 3. The van der Waals surface area contributed by atoms with E-state index in [0.717, 1.165) is 17.7 Å². The van der Waals surface area contributed by atoms with Gasteiger partial charge in [0.05, 0.1) is 18.6 Å². The number of nitrogens with one attached hydrogen (secondary N) is 2. The summed E-state index contributed by atoms with van der Waals surface area (Å²) in [4.78, 5) is 49.7.